The van der Waals surface area contributed by atoms with Crippen molar-refractivity contribution in [2.24, 2.45) is 5.92 Å². The van der Waals surface area contributed by atoms with Gasteiger partial charge in [-0.3, -0.25) is 9.69 Å². The zero-order valence-electron chi connectivity index (χ0n) is 12.8. The molecule has 118 valence electrons. The number of hydrogen-bond acceptors (Lipinski definition) is 2. The fourth-order valence-electron chi connectivity index (χ4n) is 3.61. The topological polar surface area (TPSA) is 49.4 Å². The van der Waals surface area contributed by atoms with Crippen molar-refractivity contribution in [1.29, 1.82) is 0 Å². The van der Waals surface area contributed by atoms with Gasteiger partial charge in [-0.05, 0) is 37.3 Å². The van der Waals surface area contributed by atoms with Gasteiger partial charge in [0.1, 0.15) is 5.54 Å². The van der Waals surface area contributed by atoms with E-state index in [9.17, 15) is 9.59 Å². The van der Waals surface area contributed by atoms with Crippen molar-refractivity contribution < 1.29 is 9.59 Å². The van der Waals surface area contributed by atoms with Crippen LogP contribution in [0.25, 0.3) is 0 Å². The number of benzene rings is 1. The number of hydrogen-bond donors (Lipinski definition) is 1. The summed E-state index contributed by atoms with van der Waals surface area (Å²) in [5.41, 5.74) is 0.0271. The molecule has 1 saturated heterocycles. The van der Waals surface area contributed by atoms with Crippen molar-refractivity contribution in [3.8, 4) is 0 Å². The van der Waals surface area contributed by atoms with E-state index < -0.39 is 5.54 Å². The van der Waals surface area contributed by atoms with E-state index in [1.807, 2.05) is 25.1 Å². The Morgan fingerprint density at radius 1 is 1.23 bits per heavy atom. The number of nitrogens with one attached hydrogen (secondary N) is 1. The van der Waals surface area contributed by atoms with Crippen LogP contribution >= 0.6 is 11.6 Å². The van der Waals surface area contributed by atoms with Gasteiger partial charge < -0.3 is 5.32 Å². The summed E-state index contributed by atoms with van der Waals surface area (Å²) < 4.78 is 0. The average Bonchev–Trinajstić information content (AvgIpc) is 2.75. The maximum Gasteiger partial charge on any atom is 0.325 e. The molecule has 4 nitrogen and oxygen atoms in total. The molecule has 1 aliphatic heterocycles. The zero-order chi connectivity index (χ0) is 15.7. The van der Waals surface area contributed by atoms with Gasteiger partial charge in [-0.1, -0.05) is 49.1 Å². The van der Waals surface area contributed by atoms with Crippen molar-refractivity contribution >= 4 is 23.5 Å². The lowest BCUT2D eigenvalue weighted by molar-refractivity contribution is -0.133. The van der Waals surface area contributed by atoms with E-state index in [2.05, 4.69) is 5.32 Å². The minimum absolute atomic E-state index is 0.121. The third-order valence-corrected chi connectivity index (χ3v) is 5.38. The standard InChI is InChI=1S/C17H21ClN2O2/c1-17(13-8-3-2-4-9-13)15(21)20(16(22)19-17)11-12-7-5-6-10-14(12)18/h5-7,10,13H,2-4,8-9,11H2,1H3,(H,19,22)/t17-/m0/s1. The number of halogens is 1. The molecule has 1 aliphatic carbocycles. The molecule has 2 fully saturated rings. The smallest absolute Gasteiger partial charge is 0.323 e. The average molecular weight is 321 g/mol. The SMILES string of the molecule is C[C@@]1(C2CCCCC2)NC(=O)N(Cc2ccccc2Cl)C1=O. The largest absolute Gasteiger partial charge is 0.325 e. The summed E-state index contributed by atoms with van der Waals surface area (Å²) in [6.07, 6.45) is 5.49. The van der Waals surface area contributed by atoms with E-state index in [-0.39, 0.29) is 24.4 Å². The summed E-state index contributed by atoms with van der Waals surface area (Å²) in [6, 6.07) is 7.01. The molecule has 1 aromatic carbocycles. The molecular weight excluding hydrogens is 300 g/mol. The first-order valence-electron chi connectivity index (χ1n) is 7.90. The maximum atomic E-state index is 12.9. The van der Waals surface area contributed by atoms with E-state index in [0.717, 1.165) is 31.2 Å². The van der Waals surface area contributed by atoms with Crippen LogP contribution < -0.4 is 5.32 Å². The fraction of sp³-hybridized carbons (Fsp3) is 0.529. The summed E-state index contributed by atoms with van der Waals surface area (Å²) in [7, 11) is 0. The monoisotopic (exact) mass is 320 g/mol. The van der Waals surface area contributed by atoms with Gasteiger partial charge in [0.2, 0.25) is 0 Å². The molecular formula is C17H21ClN2O2. The van der Waals surface area contributed by atoms with Crippen molar-refractivity contribution in [3.05, 3.63) is 34.9 Å². The second-order valence-electron chi connectivity index (χ2n) is 6.45. The highest BCUT2D eigenvalue weighted by atomic mass is 35.5. The molecule has 0 unspecified atom stereocenters. The van der Waals surface area contributed by atoms with E-state index in [4.69, 9.17) is 11.6 Å². The Hall–Kier alpha value is -1.55. The highest BCUT2D eigenvalue weighted by Crippen LogP contribution is 2.37. The van der Waals surface area contributed by atoms with Crippen LogP contribution in [0.4, 0.5) is 4.79 Å². The van der Waals surface area contributed by atoms with Crippen LogP contribution in [0.5, 0.6) is 0 Å². The highest BCUT2D eigenvalue weighted by Gasteiger charge is 2.52. The number of urea groups is 1. The van der Waals surface area contributed by atoms with Gasteiger partial charge in [0.25, 0.3) is 5.91 Å². The molecule has 5 heteroatoms. The molecule has 0 radical (unpaired) electrons. The molecule has 1 heterocycles. The van der Waals surface area contributed by atoms with Crippen molar-refractivity contribution in [3.63, 3.8) is 0 Å². The van der Waals surface area contributed by atoms with Gasteiger partial charge in [0, 0.05) is 5.02 Å². The first kappa shape index (κ1) is 15.3. The zero-order valence-corrected chi connectivity index (χ0v) is 13.5. The summed E-state index contributed by atoms with van der Waals surface area (Å²) in [4.78, 5) is 26.5. The van der Waals surface area contributed by atoms with Crippen molar-refractivity contribution in [1.82, 2.24) is 10.2 Å². The van der Waals surface area contributed by atoms with Crippen LogP contribution in [0, 0.1) is 5.92 Å². The summed E-state index contributed by atoms with van der Waals surface area (Å²) in [5.74, 6) is 0.110. The minimum Gasteiger partial charge on any atom is -0.323 e. The Bertz CT molecular complexity index is 598. The Labute approximate surface area is 135 Å². The lowest BCUT2D eigenvalue weighted by Crippen LogP contribution is -2.51. The lowest BCUT2D eigenvalue weighted by Gasteiger charge is -2.34. The number of imide groups is 1. The van der Waals surface area contributed by atoms with Gasteiger partial charge >= 0.3 is 6.03 Å². The molecule has 3 rings (SSSR count). The molecule has 3 amide bonds. The molecule has 1 atom stereocenters. The number of carbonyl (C=O) groups excluding carboxylic acids is 2. The first-order valence-corrected chi connectivity index (χ1v) is 8.27. The minimum atomic E-state index is -0.765. The third kappa shape index (κ3) is 2.60. The summed E-state index contributed by atoms with van der Waals surface area (Å²) in [6.45, 7) is 2.10. The molecule has 0 aromatic heterocycles. The van der Waals surface area contributed by atoms with Gasteiger partial charge in [0.05, 0.1) is 6.54 Å². The maximum absolute atomic E-state index is 12.9. The highest BCUT2D eigenvalue weighted by molar-refractivity contribution is 6.31. The van der Waals surface area contributed by atoms with Crippen LogP contribution in [0.15, 0.2) is 24.3 Å². The molecule has 0 spiro atoms. The van der Waals surface area contributed by atoms with Gasteiger partial charge in [-0.15, -0.1) is 0 Å². The predicted molar refractivity (Wildman–Crippen MR) is 85.5 cm³/mol. The Morgan fingerprint density at radius 2 is 1.91 bits per heavy atom. The first-order chi connectivity index (χ1) is 10.5. The summed E-state index contributed by atoms with van der Waals surface area (Å²) >= 11 is 6.15. The molecule has 0 bridgehead atoms. The van der Waals surface area contributed by atoms with Gasteiger partial charge in [-0.2, -0.15) is 0 Å². The van der Waals surface area contributed by atoms with Crippen molar-refractivity contribution in [2.45, 2.75) is 51.1 Å². The lowest BCUT2D eigenvalue weighted by atomic mass is 9.75. The number of amides is 3. The van der Waals surface area contributed by atoms with Crippen LogP contribution in [0.2, 0.25) is 5.02 Å². The number of rotatable bonds is 3. The van der Waals surface area contributed by atoms with Crippen LogP contribution in [0.3, 0.4) is 0 Å². The second kappa shape index (κ2) is 5.92. The van der Waals surface area contributed by atoms with Crippen LogP contribution in [-0.4, -0.2) is 22.4 Å². The normalized spacial score (nSPS) is 26.4. The third-order valence-electron chi connectivity index (χ3n) is 5.01. The van der Waals surface area contributed by atoms with E-state index in [1.165, 1.54) is 11.3 Å². The molecule has 1 N–H and O–H groups in total. The van der Waals surface area contributed by atoms with E-state index in [1.54, 1.807) is 6.07 Å². The summed E-state index contributed by atoms with van der Waals surface area (Å²) in [5, 5.41) is 3.51. The van der Waals surface area contributed by atoms with Gasteiger partial charge in [-0.25, -0.2) is 4.79 Å². The number of carbonyl (C=O) groups is 2. The quantitative estimate of drug-likeness (QED) is 0.863. The van der Waals surface area contributed by atoms with E-state index in [0.29, 0.717) is 5.02 Å². The fourth-order valence-corrected chi connectivity index (χ4v) is 3.81. The van der Waals surface area contributed by atoms with E-state index >= 15 is 0 Å². The Morgan fingerprint density at radius 3 is 2.59 bits per heavy atom. The Kier molecular flexibility index (Phi) is 4.13. The molecule has 1 saturated carbocycles. The van der Waals surface area contributed by atoms with Gasteiger partial charge in [0.15, 0.2) is 0 Å². The second-order valence-corrected chi connectivity index (χ2v) is 6.86. The predicted octanol–water partition coefficient (Wildman–Crippen LogP) is 3.73. The molecule has 22 heavy (non-hydrogen) atoms. The molecule has 1 aromatic rings. The van der Waals surface area contributed by atoms with Crippen LogP contribution in [0.1, 0.15) is 44.6 Å². The Balaban J connectivity index is 1.80. The number of nitrogens with zero attached hydrogens (tertiary/aromatic N) is 1. The van der Waals surface area contributed by atoms with Crippen molar-refractivity contribution in [2.75, 3.05) is 0 Å². The van der Waals surface area contributed by atoms with Crippen LogP contribution in [-0.2, 0) is 11.3 Å². The molecule has 2 aliphatic rings.